The number of nitrogens with zero attached hydrogens (tertiary/aromatic N) is 1. The van der Waals surface area contributed by atoms with Crippen LogP contribution in [0.5, 0.6) is 0 Å². The second kappa shape index (κ2) is 11.3. The van der Waals surface area contributed by atoms with Crippen LogP contribution in [0.1, 0.15) is 53.6 Å². The van der Waals surface area contributed by atoms with Gasteiger partial charge in [0.05, 0.1) is 24.7 Å². The van der Waals surface area contributed by atoms with Crippen molar-refractivity contribution < 1.29 is 27.1 Å². The van der Waals surface area contributed by atoms with Gasteiger partial charge in [0.15, 0.2) is 9.84 Å². The first-order valence-corrected chi connectivity index (χ1v) is 14.6. The summed E-state index contributed by atoms with van der Waals surface area (Å²) in [6.07, 6.45) is 2.29. The van der Waals surface area contributed by atoms with Crippen LogP contribution >= 0.6 is 0 Å². The van der Waals surface area contributed by atoms with Crippen LogP contribution in [0.4, 0.5) is 4.39 Å². The molecule has 0 spiro atoms. The van der Waals surface area contributed by atoms with E-state index >= 15 is 0 Å². The molecular weight excluding hydrogens is 495 g/mol. The van der Waals surface area contributed by atoms with Crippen molar-refractivity contribution in [2.45, 2.75) is 45.1 Å². The number of ether oxygens (including phenoxy) is 1. The van der Waals surface area contributed by atoms with Crippen molar-refractivity contribution in [3.63, 3.8) is 0 Å². The topological polar surface area (TPSA) is 92.8 Å². The molecule has 9 heteroatoms. The molecule has 1 aliphatic heterocycles. The minimum atomic E-state index is -3.63. The number of morpholine rings is 1. The molecule has 0 aromatic heterocycles. The Hall–Kier alpha value is -2.78. The van der Waals surface area contributed by atoms with E-state index in [-0.39, 0.29) is 16.7 Å². The van der Waals surface area contributed by atoms with Crippen molar-refractivity contribution >= 4 is 21.7 Å². The monoisotopic (exact) mass is 530 g/mol. The molecule has 0 bridgehead atoms. The number of carbonyl (C=O) groups excluding carboxylic acids is 2. The maximum atomic E-state index is 13.3. The minimum Gasteiger partial charge on any atom is -0.378 e. The van der Waals surface area contributed by atoms with Crippen LogP contribution in [-0.4, -0.2) is 69.0 Å². The molecule has 2 aliphatic rings. The van der Waals surface area contributed by atoms with E-state index in [2.05, 4.69) is 43.4 Å². The van der Waals surface area contributed by atoms with Crippen molar-refractivity contribution in [3.05, 3.63) is 71.0 Å². The van der Waals surface area contributed by atoms with Crippen LogP contribution in [-0.2, 0) is 19.4 Å². The van der Waals surface area contributed by atoms with Gasteiger partial charge >= 0.3 is 0 Å². The van der Waals surface area contributed by atoms with Crippen LogP contribution < -0.4 is 5.32 Å². The molecule has 1 aliphatic carbocycles. The maximum Gasteiger partial charge on any atom is 0.251 e. The number of rotatable bonds is 10. The molecule has 4 rings (SSSR count). The molecule has 0 unspecified atom stereocenters. The van der Waals surface area contributed by atoms with Gasteiger partial charge in [-0.05, 0) is 67.3 Å². The van der Waals surface area contributed by atoms with Crippen LogP contribution in [0.2, 0.25) is 0 Å². The fraction of sp³-hybridized carbons (Fsp3) is 0.500. The lowest BCUT2D eigenvalue weighted by Gasteiger charge is -2.30. The first-order valence-electron chi connectivity index (χ1n) is 12.8. The van der Waals surface area contributed by atoms with Crippen LogP contribution in [0.25, 0.3) is 0 Å². The van der Waals surface area contributed by atoms with Crippen LogP contribution in [0.15, 0.2) is 48.5 Å². The molecule has 7 nitrogen and oxygen atoms in total. The molecule has 1 N–H and O–H groups in total. The average molecular weight is 531 g/mol. The highest BCUT2D eigenvalue weighted by Gasteiger charge is 2.49. The van der Waals surface area contributed by atoms with Gasteiger partial charge in [0.25, 0.3) is 5.91 Å². The summed E-state index contributed by atoms with van der Waals surface area (Å²) in [6, 6.07) is 12.2. The number of nitrogens with one attached hydrogen (secondary N) is 1. The summed E-state index contributed by atoms with van der Waals surface area (Å²) in [5.41, 5.74) is 2.73. The lowest BCUT2D eigenvalue weighted by molar-refractivity contribution is -0.136. The standard InChI is InChI=1S/C28H35FN2O5S/c1-20-4-6-21(7-5-20)24-18-28(24,2)12-3-17-37(34,35)19-25(27(33)31-13-15-36-16-14-31)30-26(32)22-8-10-23(29)11-9-22/h4-11,24-25H,3,12-19H2,1-2H3,(H,30,32)/t24-,25-,28+/m0/s1. The SMILES string of the molecule is Cc1ccc([C@@H]2C[C@@]2(C)CCCS(=O)(=O)C[C@H](NC(=O)c2ccc(F)cc2)C(=O)N2CCOCC2)cc1. The molecule has 37 heavy (non-hydrogen) atoms. The molecule has 2 aromatic rings. The van der Waals surface area contributed by atoms with Gasteiger partial charge in [0, 0.05) is 18.7 Å². The van der Waals surface area contributed by atoms with E-state index in [1.807, 2.05) is 0 Å². The molecule has 2 fully saturated rings. The predicted octanol–water partition coefficient (Wildman–Crippen LogP) is 3.48. The first kappa shape index (κ1) is 27.3. The highest BCUT2D eigenvalue weighted by Crippen LogP contribution is 2.61. The predicted molar refractivity (Wildman–Crippen MR) is 140 cm³/mol. The van der Waals surface area contributed by atoms with E-state index in [9.17, 15) is 22.4 Å². The van der Waals surface area contributed by atoms with Crippen molar-refractivity contribution in [2.75, 3.05) is 37.8 Å². The Morgan fingerprint density at radius 3 is 2.41 bits per heavy atom. The van der Waals surface area contributed by atoms with Gasteiger partial charge in [0.2, 0.25) is 5.91 Å². The molecule has 1 saturated heterocycles. The number of aryl methyl sites for hydroxylation is 1. The largest absolute Gasteiger partial charge is 0.378 e. The number of hydrogen-bond donors (Lipinski definition) is 1. The number of benzene rings is 2. The Morgan fingerprint density at radius 2 is 1.76 bits per heavy atom. The van der Waals surface area contributed by atoms with E-state index < -0.39 is 39.3 Å². The number of hydrogen-bond acceptors (Lipinski definition) is 5. The Labute approximate surface area is 218 Å². The smallest absolute Gasteiger partial charge is 0.251 e. The molecule has 200 valence electrons. The van der Waals surface area contributed by atoms with E-state index in [1.54, 1.807) is 0 Å². The number of sulfone groups is 1. The molecule has 2 amide bonds. The minimum absolute atomic E-state index is 0.0531. The molecule has 3 atom stereocenters. The Morgan fingerprint density at radius 1 is 1.11 bits per heavy atom. The Bertz CT molecular complexity index is 1210. The zero-order chi connectivity index (χ0) is 26.6. The summed E-state index contributed by atoms with van der Waals surface area (Å²) in [5, 5.41) is 2.59. The quantitative estimate of drug-likeness (QED) is 0.508. The third-order valence-electron chi connectivity index (χ3n) is 7.49. The number of halogens is 1. The summed E-state index contributed by atoms with van der Waals surface area (Å²) in [7, 11) is -3.63. The van der Waals surface area contributed by atoms with Gasteiger partial charge in [-0.1, -0.05) is 36.8 Å². The summed E-state index contributed by atoms with van der Waals surface area (Å²) < 4.78 is 44.7. The van der Waals surface area contributed by atoms with E-state index in [0.29, 0.717) is 38.6 Å². The van der Waals surface area contributed by atoms with Crippen molar-refractivity contribution in [3.8, 4) is 0 Å². The first-order chi connectivity index (χ1) is 17.6. The van der Waals surface area contributed by atoms with Crippen molar-refractivity contribution in [2.24, 2.45) is 5.41 Å². The summed E-state index contributed by atoms with van der Waals surface area (Å²) in [6.45, 7) is 5.63. The highest BCUT2D eigenvalue weighted by atomic mass is 32.2. The molecule has 1 saturated carbocycles. The van der Waals surface area contributed by atoms with Gasteiger partial charge < -0.3 is 15.0 Å². The zero-order valence-corrected chi connectivity index (χ0v) is 22.2. The summed E-state index contributed by atoms with van der Waals surface area (Å²) in [5.74, 6) is -1.66. The third-order valence-corrected chi connectivity index (χ3v) is 9.24. The van der Waals surface area contributed by atoms with E-state index in [1.165, 1.54) is 28.2 Å². The van der Waals surface area contributed by atoms with Gasteiger partial charge in [-0.3, -0.25) is 9.59 Å². The fourth-order valence-corrected chi connectivity index (χ4v) is 6.54. The average Bonchev–Trinajstić information content (AvgIpc) is 3.55. The second-order valence-electron chi connectivity index (χ2n) is 10.5. The van der Waals surface area contributed by atoms with Gasteiger partial charge in [-0.2, -0.15) is 0 Å². The molecular formula is C28H35FN2O5S. The zero-order valence-electron chi connectivity index (χ0n) is 21.4. The lowest BCUT2D eigenvalue weighted by Crippen LogP contribution is -2.54. The van der Waals surface area contributed by atoms with Crippen molar-refractivity contribution in [1.29, 1.82) is 0 Å². The van der Waals surface area contributed by atoms with Gasteiger partial charge in [-0.25, -0.2) is 12.8 Å². The fourth-order valence-electron chi connectivity index (χ4n) is 5.06. The molecule has 0 radical (unpaired) electrons. The second-order valence-corrected chi connectivity index (χ2v) is 12.7. The maximum absolute atomic E-state index is 13.3. The summed E-state index contributed by atoms with van der Waals surface area (Å²) in [4.78, 5) is 27.5. The van der Waals surface area contributed by atoms with Crippen LogP contribution in [0.3, 0.4) is 0 Å². The lowest BCUT2D eigenvalue weighted by atomic mass is 9.96. The van der Waals surface area contributed by atoms with Crippen molar-refractivity contribution in [1.82, 2.24) is 10.2 Å². The third kappa shape index (κ3) is 7.17. The van der Waals surface area contributed by atoms with Crippen LogP contribution in [0, 0.1) is 18.2 Å². The van der Waals surface area contributed by atoms with Gasteiger partial charge in [-0.15, -0.1) is 0 Å². The highest BCUT2D eigenvalue weighted by molar-refractivity contribution is 7.91. The molecule has 2 aromatic carbocycles. The van der Waals surface area contributed by atoms with E-state index in [4.69, 9.17) is 4.74 Å². The Balaban J connectivity index is 1.37. The number of carbonyl (C=O) groups is 2. The normalized spacial score (nSPS) is 22.4. The van der Waals surface area contributed by atoms with Gasteiger partial charge in [0.1, 0.15) is 11.9 Å². The Kier molecular flexibility index (Phi) is 8.33. The number of amides is 2. The molecule has 1 heterocycles. The van der Waals surface area contributed by atoms with E-state index in [0.717, 1.165) is 25.0 Å². The summed E-state index contributed by atoms with van der Waals surface area (Å²) >= 11 is 0.